The summed E-state index contributed by atoms with van der Waals surface area (Å²) in [6.45, 7) is 5.33. The van der Waals surface area contributed by atoms with E-state index in [0.29, 0.717) is 50.0 Å². The summed E-state index contributed by atoms with van der Waals surface area (Å²) in [5.74, 6) is 0.354. The Morgan fingerprint density at radius 2 is 2.02 bits per heavy atom. The number of ether oxygens (including phenoxy) is 1. The molecule has 0 unspecified atom stereocenters. The van der Waals surface area contributed by atoms with E-state index >= 15 is 0 Å². The minimum absolute atomic E-state index is 0.0248. The van der Waals surface area contributed by atoms with Crippen LogP contribution in [0.2, 0.25) is 0 Å². The van der Waals surface area contributed by atoms with Gasteiger partial charge in [-0.25, -0.2) is 14.8 Å². The second-order valence-corrected chi connectivity index (χ2v) is 10.8. The van der Waals surface area contributed by atoms with Gasteiger partial charge in [-0.2, -0.15) is 4.98 Å². The summed E-state index contributed by atoms with van der Waals surface area (Å²) >= 11 is 1.22. The second kappa shape index (κ2) is 10.5. The highest BCUT2D eigenvalue weighted by Gasteiger charge is 2.36. The first kappa shape index (κ1) is 25.6. The molecule has 1 saturated carbocycles. The van der Waals surface area contributed by atoms with E-state index in [1.165, 1.54) is 22.3 Å². The number of benzene rings is 1. The van der Waals surface area contributed by atoms with Crippen molar-refractivity contribution < 1.29 is 19.1 Å². The van der Waals surface area contributed by atoms with Crippen LogP contribution in [0.25, 0.3) is 10.2 Å². The fraction of sp³-hybridized carbons (Fsp3) is 0.241. The van der Waals surface area contributed by atoms with Gasteiger partial charge in [-0.1, -0.05) is 31.2 Å². The molecule has 11 heteroatoms. The van der Waals surface area contributed by atoms with Crippen molar-refractivity contribution in [2.75, 3.05) is 10.2 Å². The molecular weight excluding hydrogens is 528 g/mol. The second-order valence-electron chi connectivity index (χ2n) is 9.77. The van der Waals surface area contributed by atoms with Gasteiger partial charge in [0.1, 0.15) is 15.5 Å². The zero-order valence-corrected chi connectivity index (χ0v) is 22.5. The quantitative estimate of drug-likeness (QED) is 0.259. The minimum atomic E-state index is -0.439. The Kier molecular flexibility index (Phi) is 6.72. The van der Waals surface area contributed by atoms with E-state index in [4.69, 9.17) is 4.74 Å². The van der Waals surface area contributed by atoms with Crippen molar-refractivity contribution in [1.29, 1.82) is 0 Å². The van der Waals surface area contributed by atoms with E-state index in [1.54, 1.807) is 37.5 Å². The number of hydrogen-bond donors (Lipinski definition) is 2. The number of hydrogen-bond acceptors (Lipinski definition) is 8. The van der Waals surface area contributed by atoms with E-state index in [9.17, 15) is 14.4 Å². The first-order valence-corrected chi connectivity index (χ1v) is 13.8. The summed E-state index contributed by atoms with van der Waals surface area (Å²) in [6, 6.07) is 10.5. The maximum Gasteiger partial charge on any atom is 0.331 e. The number of rotatable bonds is 8. The Labute approximate surface area is 234 Å². The lowest BCUT2D eigenvalue weighted by Crippen LogP contribution is -2.39. The van der Waals surface area contributed by atoms with Gasteiger partial charge in [0.05, 0.1) is 34.3 Å². The number of amides is 3. The van der Waals surface area contributed by atoms with E-state index in [1.807, 2.05) is 18.2 Å². The molecule has 10 nitrogen and oxygen atoms in total. The number of nitrogens with zero attached hydrogens (tertiary/aromatic N) is 4. The molecule has 1 aromatic carbocycles. The van der Waals surface area contributed by atoms with Crippen molar-refractivity contribution in [1.82, 2.24) is 20.3 Å². The summed E-state index contributed by atoms with van der Waals surface area (Å²) in [4.78, 5) is 54.6. The third kappa shape index (κ3) is 4.68. The number of allylic oxidation sites excluding steroid dienone is 1. The molecule has 1 fully saturated rings. The van der Waals surface area contributed by atoms with Crippen LogP contribution in [0.1, 0.15) is 41.0 Å². The van der Waals surface area contributed by atoms with E-state index in [-0.39, 0.29) is 29.7 Å². The molecule has 4 heterocycles. The highest BCUT2D eigenvalue weighted by molar-refractivity contribution is 7.21. The number of anilines is 3. The summed E-state index contributed by atoms with van der Waals surface area (Å²) < 4.78 is 5.74. The maximum atomic E-state index is 13.5. The lowest BCUT2D eigenvalue weighted by Gasteiger charge is -2.29. The van der Waals surface area contributed by atoms with Crippen LogP contribution in [-0.4, -0.2) is 38.7 Å². The number of thiophene rings is 1. The summed E-state index contributed by atoms with van der Waals surface area (Å²) in [6.07, 6.45) is 7.46. The number of para-hydroxylation sites is 1. The monoisotopic (exact) mass is 554 g/mol. The standard InChI is InChI=1S/C29H26N6O4S/c1-3-18(36)14-17-8-7-11-20(17)33-26(37)25-24-23-21(12-13-30-27(23)40-25)35(29(38)34-24)22-15-31-28(32-16(22)2)39-19-9-5-4-6-10-19/h3-6,9-10,12-13,15,17,20H,1,7-8,11,14H2,2H3,(H,33,37)(H,34,38)/t17-,20-/m1/s1. The van der Waals surface area contributed by atoms with Gasteiger partial charge < -0.3 is 15.4 Å². The number of ketones is 1. The van der Waals surface area contributed by atoms with E-state index in [0.717, 1.165) is 19.3 Å². The van der Waals surface area contributed by atoms with Gasteiger partial charge >= 0.3 is 12.0 Å². The predicted octanol–water partition coefficient (Wildman–Crippen LogP) is 5.91. The molecule has 2 atom stereocenters. The molecule has 202 valence electrons. The fourth-order valence-electron chi connectivity index (χ4n) is 5.33. The molecule has 40 heavy (non-hydrogen) atoms. The molecule has 0 saturated heterocycles. The summed E-state index contributed by atoms with van der Waals surface area (Å²) in [5.41, 5.74) is 2.03. The molecule has 3 aromatic heterocycles. The number of aryl methyl sites for hydroxylation is 1. The Morgan fingerprint density at radius 3 is 2.80 bits per heavy atom. The average Bonchev–Trinajstić information content (AvgIpc) is 3.55. The average molecular weight is 555 g/mol. The lowest BCUT2D eigenvalue weighted by molar-refractivity contribution is -0.115. The van der Waals surface area contributed by atoms with Crippen molar-refractivity contribution in [2.24, 2.45) is 5.92 Å². The Morgan fingerprint density at radius 1 is 1.20 bits per heavy atom. The molecular formula is C29H26N6O4S. The molecule has 1 aliphatic carbocycles. The summed E-state index contributed by atoms with van der Waals surface area (Å²) in [5, 5.41) is 6.68. The minimum Gasteiger partial charge on any atom is -0.424 e. The number of carbonyl (C=O) groups excluding carboxylic acids is 3. The van der Waals surface area contributed by atoms with Gasteiger partial charge in [0.15, 0.2) is 5.78 Å². The van der Waals surface area contributed by atoms with Crippen molar-refractivity contribution in [3.05, 3.63) is 72.0 Å². The lowest BCUT2D eigenvalue weighted by atomic mass is 9.97. The molecule has 0 radical (unpaired) electrons. The number of aromatic nitrogens is 3. The highest BCUT2D eigenvalue weighted by atomic mass is 32.1. The van der Waals surface area contributed by atoms with Crippen LogP contribution in [0.3, 0.4) is 0 Å². The third-order valence-corrected chi connectivity index (χ3v) is 8.34. The first-order chi connectivity index (χ1) is 19.4. The summed E-state index contributed by atoms with van der Waals surface area (Å²) in [7, 11) is 0. The molecule has 2 N–H and O–H groups in total. The zero-order valence-electron chi connectivity index (χ0n) is 21.7. The SMILES string of the molecule is C=CC(=O)C[C@H]1CCC[C@H]1NC(=O)c1sc2nccc3c2c1NC(=O)N3c1cnc(Oc2ccccc2)nc1C. The van der Waals surface area contributed by atoms with Crippen molar-refractivity contribution >= 4 is 56.3 Å². The van der Waals surface area contributed by atoms with Crippen LogP contribution in [0, 0.1) is 12.8 Å². The van der Waals surface area contributed by atoms with Crippen molar-refractivity contribution in [3.8, 4) is 11.8 Å². The van der Waals surface area contributed by atoms with Gasteiger partial charge in [0.2, 0.25) is 0 Å². The van der Waals surface area contributed by atoms with Crippen LogP contribution >= 0.6 is 11.3 Å². The molecule has 2 aliphatic rings. The van der Waals surface area contributed by atoms with E-state index < -0.39 is 6.03 Å². The molecule has 0 spiro atoms. The largest absolute Gasteiger partial charge is 0.424 e. The van der Waals surface area contributed by atoms with Crippen molar-refractivity contribution in [3.63, 3.8) is 0 Å². The third-order valence-electron chi connectivity index (χ3n) is 7.24. The Hall–Kier alpha value is -4.64. The number of carbonyl (C=O) groups is 3. The topological polar surface area (TPSA) is 126 Å². The fourth-order valence-corrected chi connectivity index (χ4v) is 6.35. The molecule has 3 amide bonds. The Balaban J connectivity index is 1.30. The smallest absolute Gasteiger partial charge is 0.331 e. The van der Waals surface area contributed by atoms with E-state index in [2.05, 4.69) is 32.2 Å². The van der Waals surface area contributed by atoms with Gasteiger partial charge in [-0.3, -0.25) is 14.5 Å². The van der Waals surface area contributed by atoms with Crippen LogP contribution in [0.4, 0.5) is 21.9 Å². The number of nitrogens with one attached hydrogen (secondary N) is 2. The zero-order chi connectivity index (χ0) is 27.8. The maximum absolute atomic E-state index is 13.5. The normalized spacial score (nSPS) is 17.9. The molecule has 4 aromatic rings. The number of urea groups is 1. The van der Waals surface area contributed by atoms with Crippen molar-refractivity contribution in [2.45, 2.75) is 38.6 Å². The highest BCUT2D eigenvalue weighted by Crippen LogP contribution is 2.46. The molecule has 1 aliphatic heterocycles. The van der Waals surface area contributed by atoms with Gasteiger partial charge in [-0.05, 0) is 50.0 Å². The van der Waals surface area contributed by atoms with Crippen LogP contribution in [0.5, 0.6) is 11.8 Å². The van der Waals surface area contributed by atoms with Crippen LogP contribution in [0.15, 0.2) is 61.4 Å². The number of pyridine rings is 1. The first-order valence-electron chi connectivity index (χ1n) is 13.0. The van der Waals surface area contributed by atoms with Crippen LogP contribution < -0.4 is 20.3 Å². The Bertz CT molecular complexity index is 1650. The molecule has 6 rings (SSSR count). The van der Waals surface area contributed by atoms with Gasteiger partial charge in [-0.15, -0.1) is 11.3 Å². The van der Waals surface area contributed by atoms with Gasteiger partial charge in [0.25, 0.3) is 5.91 Å². The molecule has 0 bridgehead atoms. The van der Waals surface area contributed by atoms with Gasteiger partial charge in [0, 0.05) is 18.7 Å². The van der Waals surface area contributed by atoms with Crippen LogP contribution in [-0.2, 0) is 4.79 Å². The predicted molar refractivity (Wildman–Crippen MR) is 152 cm³/mol.